The molecule has 21 heavy (non-hydrogen) atoms. The molecule has 3 heteroatoms. The van der Waals surface area contributed by atoms with Crippen LogP contribution in [0.15, 0.2) is 36.4 Å². The summed E-state index contributed by atoms with van der Waals surface area (Å²) in [5.41, 5.74) is 2.76. The Balaban J connectivity index is 2.32. The molecule has 0 aliphatic heterocycles. The van der Waals surface area contributed by atoms with Crippen LogP contribution in [0.2, 0.25) is 0 Å². The van der Waals surface area contributed by atoms with Crippen LogP contribution < -0.4 is 0 Å². The zero-order valence-corrected chi connectivity index (χ0v) is 13.2. The van der Waals surface area contributed by atoms with Crippen LogP contribution in [0.1, 0.15) is 53.8 Å². The molecule has 0 saturated heterocycles. The highest BCUT2D eigenvalue weighted by atomic mass is 35.5. The molecule has 0 radical (unpaired) electrons. The molecule has 0 aliphatic rings. The number of alkyl halides is 1. The molecular weight excluding hydrogens is 290 g/mol. The van der Waals surface area contributed by atoms with Gasteiger partial charge < -0.3 is 0 Å². The molecule has 0 amide bonds. The molecule has 0 fully saturated rings. The third kappa shape index (κ3) is 3.44. The number of hydrogen-bond donors (Lipinski definition) is 0. The van der Waals surface area contributed by atoms with Crippen LogP contribution in [-0.4, -0.2) is 0 Å². The van der Waals surface area contributed by atoms with E-state index < -0.39 is 17.0 Å². The Morgan fingerprint density at radius 2 is 1.57 bits per heavy atom. The summed E-state index contributed by atoms with van der Waals surface area (Å²) in [6.07, 6.45) is 1.06. The Labute approximate surface area is 129 Å². The molecule has 112 valence electrons. The maximum Gasteiger partial charge on any atom is 0.131 e. The van der Waals surface area contributed by atoms with E-state index in [9.17, 15) is 8.78 Å². The molecule has 0 nitrogen and oxygen atoms in total. The SMILES string of the molecule is CCC(C)c1ccc(C(Cl)c2cc(C)c(F)cc2F)cc1. The van der Waals surface area contributed by atoms with Crippen molar-refractivity contribution >= 4 is 11.6 Å². The minimum Gasteiger partial charge on any atom is -0.207 e. The highest BCUT2D eigenvalue weighted by Crippen LogP contribution is 2.32. The van der Waals surface area contributed by atoms with Gasteiger partial charge >= 0.3 is 0 Å². The van der Waals surface area contributed by atoms with Gasteiger partial charge in [-0.15, -0.1) is 11.6 Å². The fourth-order valence-electron chi connectivity index (χ4n) is 2.28. The third-order valence-corrected chi connectivity index (χ3v) is 4.45. The van der Waals surface area contributed by atoms with Crippen LogP contribution in [0.25, 0.3) is 0 Å². The number of benzene rings is 2. The normalized spacial score (nSPS) is 14.0. The highest BCUT2D eigenvalue weighted by Gasteiger charge is 2.17. The van der Waals surface area contributed by atoms with E-state index in [0.717, 1.165) is 18.1 Å². The summed E-state index contributed by atoms with van der Waals surface area (Å²) < 4.78 is 27.2. The molecule has 2 atom stereocenters. The predicted octanol–water partition coefficient (Wildman–Crippen LogP) is 6.11. The molecule has 2 aromatic carbocycles. The topological polar surface area (TPSA) is 0 Å². The second-order valence-corrected chi connectivity index (χ2v) is 5.90. The number of halogens is 3. The van der Waals surface area contributed by atoms with Crippen LogP contribution >= 0.6 is 11.6 Å². The molecule has 0 bridgehead atoms. The lowest BCUT2D eigenvalue weighted by atomic mass is 9.95. The fraction of sp³-hybridized carbons (Fsp3) is 0.333. The Bertz CT molecular complexity index is 620. The van der Waals surface area contributed by atoms with Gasteiger partial charge in [-0.1, -0.05) is 38.1 Å². The molecule has 0 aliphatic carbocycles. The average molecular weight is 309 g/mol. The van der Waals surface area contributed by atoms with Crippen LogP contribution in [0.5, 0.6) is 0 Å². The lowest BCUT2D eigenvalue weighted by molar-refractivity contribution is 0.568. The van der Waals surface area contributed by atoms with E-state index in [1.165, 1.54) is 11.6 Å². The van der Waals surface area contributed by atoms with Gasteiger partial charge in [-0.25, -0.2) is 8.78 Å². The molecule has 0 saturated carbocycles. The van der Waals surface area contributed by atoms with Crippen molar-refractivity contribution in [3.63, 3.8) is 0 Å². The van der Waals surface area contributed by atoms with Crippen LogP contribution in [0, 0.1) is 18.6 Å². The van der Waals surface area contributed by atoms with E-state index in [4.69, 9.17) is 11.6 Å². The predicted molar refractivity (Wildman–Crippen MR) is 83.9 cm³/mol. The summed E-state index contributed by atoms with van der Waals surface area (Å²) in [7, 11) is 0. The van der Waals surface area contributed by atoms with Crippen molar-refractivity contribution < 1.29 is 8.78 Å². The minimum atomic E-state index is -0.615. The molecular formula is C18H19ClF2. The second kappa shape index (κ2) is 6.57. The zero-order valence-electron chi connectivity index (χ0n) is 12.5. The molecule has 2 rings (SSSR count). The maximum absolute atomic E-state index is 13.9. The van der Waals surface area contributed by atoms with Gasteiger partial charge in [0.1, 0.15) is 11.6 Å². The van der Waals surface area contributed by atoms with Gasteiger partial charge in [-0.3, -0.25) is 0 Å². The van der Waals surface area contributed by atoms with Gasteiger partial charge in [0.25, 0.3) is 0 Å². The largest absolute Gasteiger partial charge is 0.207 e. The van der Waals surface area contributed by atoms with Crippen LogP contribution in [0.3, 0.4) is 0 Å². The summed E-state index contributed by atoms with van der Waals surface area (Å²) in [5, 5.41) is -0.615. The van der Waals surface area contributed by atoms with Crippen molar-refractivity contribution in [1.82, 2.24) is 0 Å². The van der Waals surface area contributed by atoms with Gasteiger partial charge in [-0.05, 0) is 42.0 Å². The van der Waals surface area contributed by atoms with E-state index >= 15 is 0 Å². The number of aryl methyl sites for hydroxylation is 1. The molecule has 0 aromatic heterocycles. The summed E-state index contributed by atoms with van der Waals surface area (Å²) >= 11 is 6.36. The fourth-order valence-corrected chi connectivity index (χ4v) is 2.60. The van der Waals surface area contributed by atoms with E-state index in [1.54, 1.807) is 6.92 Å². The summed E-state index contributed by atoms with van der Waals surface area (Å²) in [6.45, 7) is 5.91. The van der Waals surface area contributed by atoms with Gasteiger partial charge in [0.05, 0.1) is 5.38 Å². The van der Waals surface area contributed by atoms with E-state index in [1.807, 2.05) is 24.3 Å². The quantitative estimate of drug-likeness (QED) is 0.597. The third-order valence-electron chi connectivity index (χ3n) is 3.96. The van der Waals surface area contributed by atoms with E-state index in [2.05, 4.69) is 13.8 Å². The van der Waals surface area contributed by atoms with Crippen LogP contribution in [0.4, 0.5) is 8.78 Å². The first-order valence-electron chi connectivity index (χ1n) is 7.13. The van der Waals surface area contributed by atoms with Crippen molar-refractivity contribution in [1.29, 1.82) is 0 Å². The Morgan fingerprint density at radius 3 is 2.14 bits per heavy atom. The Kier molecular flexibility index (Phi) is 5.00. The summed E-state index contributed by atoms with van der Waals surface area (Å²) in [4.78, 5) is 0. The summed E-state index contributed by atoms with van der Waals surface area (Å²) in [5.74, 6) is -0.672. The summed E-state index contributed by atoms with van der Waals surface area (Å²) in [6, 6.07) is 10.2. The second-order valence-electron chi connectivity index (χ2n) is 5.46. The molecule has 0 N–H and O–H groups in total. The Morgan fingerprint density at radius 1 is 1.00 bits per heavy atom. The standard InChI is InChI=1S/C18H19ClF2/c1-4-11(2)13-5-7-14(8-6-13)18(19)15-9-12(3)16(20)10-17(15)21/h5-11,18H,4H2,1-3H3. The first kappa shape index (κ1) is 16.0. The van der Waals surface area contributed by atoms with Gasteiger partial charge in [0, 0.05) is 11.6 Å². The monoisotopic (exact) mass is 308 g/mol. The number of rotatable bonds is 4. The van der Waals surface area contributed by atoms with Crippen molar-refractivity contribution in [2.45, 2.75) is 38.5 Å². The van der Waals surface area contributed by atoms with Crippen molar-refractivity contribution in [2.75, 3.05) is 0 Å². The first-order valence-corrected chi connectivity index (χ1v) is 7.57. The van der Waals surface area contributed by atoms with Crippen LogP contribution in [-0.2, 0) is 0 Å². The molecule has 2 unspecified atom stereocenters. The smallest absolute Gasteiger partial charge is 0.131 e. The molecule has 0 heterocycles. The van der Waals surface area contributed by atoms with E-state index in [0.29, 0.717) is 17.0 Å². The molecule has 0 spiro atoms. The van der Waals surface area contributed by atoms with Crippen molar-refractivity contribution in [3.8, 4) is 0 Å². The van der Waals surface area contributed by atoms with E-state index in [-0.39, 0.29) is 0 Å². The van der Waals surface area contributed by atoms with Gasteiger partial charge in [0.2, 0.25) is 0 Å². The number of hydrogen-bond acceptors (Lipinski definition) is 0. The molecule has 2 aromatic rings. The average Bonchev–Trinajstić information content (AvgIpc) is 2.49. The highest BCUT2D eigenvalue weighted by molar-refractivity contribution is 6.22. The van der Waals surface area contributed by atoms with Gasteiger partial charge in [0.15, 0.2) is 0 Å². The first-order chi connectivity index (χ1) is 9.93. The zero-order chi connectivity index (χ0) is 15.6. The lowest BCUT2D eigenvalue weighted by Gasteiger charge is -2.15. The maximum atomic E-state index is 13.9. The lowest BCUT2D eigenvalue weighted by Crippen LogP contribution is -2.00. The van der Waals surface area contributed by atoms with Crippen molar-refractivity contribution in [2.24, 2.45) is 0 Å². The van der Waals surface area contributed by atoms with Crippen molar-refractivity contribution in [3.05, 3.63) is 70.3 Å². The minimum absolute atomic E-state index is 0.312. The Hall–Kier alpha value is -1.41. The van der Waals surface area contributed by atoms with Gasteiger partial charge in [-0.2, -0.15) is 0 Å².